The maximum Gasteiger partial charge on any atom is 0.0938 e. The summed E-state index contributed by atoms with van der Waals surface area (Å²) in [5.74, 6) is 0. The monoisotopic (exact) mass is 140 g/mol. The molecule has 1 saturated heterocycles. The summed E-state index contributed by atoms with van der Waals surface area (Å²) in [5.41, 5.74) is 0. The summed E-state index contributed by atoms with van der Waals surface area (Å²) in [5, 5.41) is 2.09. The van der Waals surface area contributed by atoms with E-state index >= 15 is 0 Å². The molecule has 0 aromatic carbocycles. The van der Waals surface area contributed by atoms with Crippen molar-refractivity contribution in [3.63, 3.8) is 0 Å². The summed E-state index contributed by atoms with van der Waals surface area (Å²) in [4.78, 5) is 1.38. The second kappa shape index (κ2) is 2.12. The average Bonchev–Trinajstić information content (AvgIpc) is 2.11. The van der Waals surface area contributed by atoms with Crippen molar-refractivity contribution >= 4 is 11.3 Å². The van der Waals surface area contributed by atoms with Gasteiger partial charge in [0.25, 0.3) is 0 Å². The van der Waals surface area contributed by atoms with Crippen LogP contribution in [0.4, 0.5) is 0 Å². The zero-order valence-corrected chi connectivity index (χ0v) is 5.86. The molecule has 1 aliphatic heterocycles. The van der Waals surface area contributed by atoms with Crippen LogP contribution >= 0.6 is 11.3 Å². The third kappa shape index (κ3) is 0.884. The summed E-state index contributed by atoms with van der Waals surface area (Å²) in [6.07, 6.45) is 1.64. The van der Waals surface area contributed by atoms with Crippen LogP contribution in [0.3, 0.4) is 0 Å². The second-order valence-electron chi connectivity index (χ2n) is 2.16. The molecule has 1 nitrogen and oxygen atoms in total. The molecule has 1 atom stereocenters. The van der Waals surface area contributed by atoms with E-state index in [0.717, 1.165) is 6.61 Å². The summed E-state index contributed by atoms with van der Waals surface area (Å²) >= 11 is 1.78. The number of hydrogen-bond donors (Lipinski definition) is 0. The van der Waals surface area contributed by atoms with Gasteiger partial charge in [-0.25, -0.2) is 0 Å². The average molecular weight is 140 g/mol. The van der Waals surface area contributed by atoms with Crippen LogP contribution in [0, 0.1) is 0 Å². The molecule has 1 aromatic heterocycles. The molecule has 0 amide bonds. The Morgan fingerprint density at radius 3 is 3.00 bits per heavy atom. The summed E-state index contributed by atoms with van der Waals surface area (Å²) in [6, 6.07) is 4.20. The van der Waals surface area contributed by atoms with Crippen molar-refractivity contribution in [1.82, 2.24) is 0 Å². The second-order valence-corrected chi connectivity index (χ2v) is 3.14. The van der Waals surface area contributed by atoms with E-state index in [9.17, 15) is 0 Å². The van der Waals surface area contributed by atoms with Crippen LogP contribution in [0.15, 0.2) is 17.5 Å². The van der Waals surface area contributed by atoms with Gasteiger partial charge in [-0.3, -0.25) is 0 Å². The van der Waals surface area contributed by atoms with Crippen molar-refractivity contribution in [2.24, 2.45) is 0 Å². The highest BCUT2D eigenvalue weighted by molar-refractivity contribution is 7.10. The molecule has 0 spiro atoms. The normalized spacial score (nSPS) is 25.6. The van der Waals surface area contributed by atoms with Crippen molar-refractivity contribution in [1.29, 1.82) is 0 Å². The van der Waals surface area contributed by atoms with Crippen LogP contribution in [0.5, 0.6) is 0 Å². The SMILES string of the molecule is c1csc(C2CCO2)c1. The molecule has 48 valence electrons. The van der Waals surface area contributed by atoms with E-state index in [4.69, 9.17) is 4.74 Å². The van der Waals surface area contributed by atoms with Gasteiger partial charge in [0, 0.05) is 11.3 Å². The Bertz CT molecular complexity index is 177. The Morgan fingerprint density at radius 1 is 1.67 bits per heavy atom. The number of rotatable bonds is 1. The van der Waals surface area contributed by atoms with E-state index in [1.54, 1.807) is 11.3 Å². The van der Waals surface area contributed by atoms with Crippen molar-refractivity contribution < 1.29 is 4.74 Å². The van der Waals surface area contributed by atoms with Gasteiger partial charge in [-0.15, -0.1) is 11.3 Å². The van der Waals surface area contributed by atoms with Gasteiger partial charge in [-0.1, -0.05) is 6.07 Å². The largest absolute Gasteiger partial charge is 0.372 e. The predicted molar refractivity (Wildman–Crippen MR) is 37.6 cm³/mol. The van der Waals surface area contributed by atoms with Crippen LogP contribution < -0.4 is 0 Å². The molecule has 1 unspecified atom stereocenters. The van der Waals surface area contributed by atoms with E-state index in [1.807, 2.05) is 0 Å². The Morgan fingerprint density at radius 2 is 2.56 bits per heavy atom. The van der Waals surface area contributed by atoms with E-state index in [1.165, 1.54) is 11.3 Å². The fourth-order valence-corrected chi connectivity index (χ4v) is 1.74. The molecule has 2 heteroatoms. The van der Waals surface area contributed by atoms with Gasteiger partial charge >= 0.3 is 0 Å². The van der Waals surface area contributed by atoms with E-state index in [2.05, 4.69) is 17.5 Å². The van der Waals surface area contributed by atoms with Gasteiger partial charge in [0.2, 0.25) is 0 Å². The minimum absolute atomic E-state index is 0.435. The number of hydrogen-bond acceptors (Lipinski definition) is 2. The first-order valence-corrected chi connectivity index (χ1v) is 4.00. The maximum absolute atomic E-state index is 5.29. The molecule has 0 saturated carbocycles. The van der Waals surface area contributed by atoms with Gasteiger partial charge in [-0.05, 0) is 11.4 Å². The fourth-order valence-electron chi connectivity index (χ4n) is 0.935. The van der Waals surface area contributed by atoms with Gasteiger partial charge in [0.1, 0.15) is 0 Å². The molecule has 0 bridgehead atoms. The van der Waals surface area contributed by atoms with Crippen LogP contribution in [-0.4, -0.2) is 6.61 Å². The minimum atomic E-state index is 0.435. The first kappa shape index (κ1) is 5.45. The van der Waals surface area contributed by atoms with Gasteiger partial charge in [-0.2, -0.15) is 0 Å². The van der Waals surface area contributed by atoms with Crippen molar-refractivity contribution in [3.05, 3.63) is 22.4 Å². The standard InChI is InChI=1S/C7H8OS/c1-2-7(9-5-1)6-3-4-8-6/h1-2,5-6H,3-4H2. The minimum Gasteiger partial charge on any atom is -0.372 e. The Hall–Kier alpha value is -0.340. The fraction of sp³-hybridized carbons (Fsp3) is 0.429. The molecule has 0 aliphatic carbocycles. The lowest BCUT2D eigenvalue weighted by Gasteiger charge is -2.24. The van der Waals surface area contributed by atoms with Gasteiger partial charge in [0.05, 0.1) is 12.7 Å². The predicted octanol–water partition coefficient (Wildman–Crippen LogP) is 2.21. The molecule has 0 radical (unpaired) electrons. The lowest BCUT2D eigenvalue weighted by atomic mass is 10.1. The van der Waals surface area contributed by atoms with Crippen molar-refractivity contribution in [2.45, 2.75) is 12.5 Å². The summed E-state index contributed by atoms with van der Waals surface area (Å²) < 4.78 is 5.29. The molecular formula is C7H8OS. The van der Waals surface area contributed by atoms with E-state index < -0.39 is 0 Å². The highest BCUT2D eigenvalue weighted by Gasteiger charge is 2.20. The zero-order valence-electron chi connectivity index (χ0n) is 5.04. The Labute approximate surface area is 58.3 Å². The van der Waals surface area contributed by atoms with E-state index in [-0.39, 0.29) is 0 Å². The van der Waals surface area contributed by atoms with Crippen molar-refractivity contribution in [3.8, 4) is 0 Å². The van der Waals surface area contributed by atoms with Crippen LogP contribution in [-0.2, 0) is 4.74 Å². The number of ether oxygens (including phenoxy) is 1. The first-order valence-electron chi connectivity index (χ1n) is 3.12. The molecule has 1 fully saturated rings. The quantitative estimate of drug-likeness (QED) is 0.581. The third-order valence-electron chi connectivity index (χ3n) is 1.56. The van der Waals surface area contributed by atoms with Gasteiger partial charge < -0.3 is 4.74 Å². The Kier molecular flexibility index (Phi) is 1.28. The zero-order chi connectivity index (χ0) is 6.10. The lowest BCUT2D eigenvalue weighted by Crippen LogP contribution is -2.16. The van der Waals surface area contributed by atoms with Crippen LogP contribution in [0.2, 0.25) is 0 Å². The molecule has 1 aliphatic rings. The highest BCUT2D eigenvalue weighted by Crippen LogP contribution is 2.31. The molecule has 1 aromatic rings. The lowest BCUT2D eigenvalue weighted by molar-refractivity contribution is -0.0504. The Balaban J connectivity index is 2.14. The molecule has 2 heterocycles. The number of thiophene rings is 1. The van der Waals surface area contributed by atoms with Crippen LogP contribution in [0.1, 0.15) is 17.4 Å². The van der Waals surface area contributed by atoms with E-state index in [0.29, 0.717) is 6.10 Å². The van der Waals surface area contributed by atoms with Crippen LogP contribution in [0.25, 0.3) is 0 Å². The maximum atomic E-state index is 5.29. The summed E-state index contributed by atoms with van der Waals surface area (Å²) in [6.45, 7) is 0.947. The van der Waals surface area contributed by atoms with Crippen molar-refractivity contribution in [2.75, 3.05) is 6.61 Å². The third-order valence-corrected chi connectivity index (χ3v) is 2.52. The van der Waals surface area contributed by atoms with Gasteiger partial charge in [0.15, 0.2) is 0 Å². The topological polar surface area (TPSA) is 9.23 Å². The highest BCUT2D eigenvalue weighted by atomic mass is 32.1. The molecule has 0 N–H and O–H groups in total. The first-order chi connectivity index (χ1) is 4.47. The summed E-state index contributed by atoms with van der Waals surface area (Å²) in [7, 11) is 0. The molecular weight excluding hydrogens is 132 g/mol. The molecule has 9 heavy (non-hydrogen) atoms. The smallest absolute Gasteiger partial charge is 0.0938 e. The molecule has 2 rings (SSSR count).